The zero-order valence-electron chi connectivity index (χ0n) is 11.6. The van der Waals surface area contributed by atoms with E-state index in [4.69, 9.17) is 0 Å². The van der Waals surface area contributed by atoms with E-state index >= 15 is 0 Å². The molecule has 0 bridgehead atoms. The monoisotopic (exact) mass is 236 g/mol. The summed E-state index contributed by atoms with van der Waals surface area (Å²) in [6.07, 6.45) is 7.10. The third kappa shape index (κ3) is 3.82. The fraction of sp³-hybridized carbons (Fsp3) is 0.867. The Morgan fingerprint density at radius 3 is 2.76 bits per heavy atom. The van der Waals surface area contributed by atoms with Crippen molar-refractivity contribution in [1.82, 2.24) is 10.2 Å². The Hall–Kier alpha value is -0.340. The van der Waals surface area contributed by atoms with Gasteiger partial charge in [-0.15, -0.1) is 0 Å². The maximum Gasteiger partial charge on any atom is 0.0193 e. The van der Waals surface area contributed by atoms with Gasteiger partial charge in [0.25, 0.3) is 0 Å². The quantitative estimate of drug-likeness (QED) is 0.755. The summed E-state index contributed by atoms with van der Waals surface area (Å²) in [4.78, 5) is 2.68. The summed E-state index contributed by atoms with van der Waals surface area (Å²) in [5.74, 6) is 1.00. The fourth-order valence-electron chi connectivity index (χ4n) is 3.08. The average molecular weight is 236 g/mol. The molecule has 2 aliphatic heterocycles. The standard InChI is InChI=1S/C15H28N2/c1-3-5-14-6-4-8-17(9-7-14)12-13(2)15-10-16-11-15/h14,16H,3-12H2,1-2H3. The number of nitrogens with one attached hydrogen (secondary N) is 1. The molecule has 0 saturated carbocycles. The Morgan fingerprint density at radius 2 is 2.12 bits per heavy atom. The Kier molecular flexibility index (Phi) is 5.05. The molecule has 2 heteroatoms. The van der Waals surface area contributed by atoms with Crippen LogP contribution in [0.5, 0.6) is 0 Å². The minimum Gasteiger partial charge on any atom is -0.309 e. The van der Waals surface area contributed by atoms with E-state index in [0.29, 0.717) is 0 Å². The van der Waals surface area contributed by atoms with Crippen LogP contribution in [0.4, 0.5) is 0 Å². The molecule has 1 unspecified atom stereocenters. The molecule has 98 valence electrons. The van der Waals surface area contributed by atoms with Crippen LogP contribution in [0.3, 0.4) is 0 Å². The normalized spacial score (nSPS) is 26.5. The van der Waals surface area contributed by atoms with Gasteiger partial charge in [0.2, 0.25) is 0 Å². The van der Waals surface area contributed by atoms with E-state index in [1.165, 1.54) is 51.7 Å². The highest BCUT2D eigenvalue weighted by molar-refractivity contribution is 5.22. The van der Waals surface area contributed by atoms with Gasteiger partial charge >= 0.3 is 0 Å². The van der Waals surface area contributed by atoms with Crippen molar-refractivity contribution in [3.63, 3.8) is 0 Å². The second-order valence-electron chi connectivity index (χ2n) is 5.85. The molecular weight excluding hydrogens is 208 g/mol. The van der Waals surface area contributed by atoms with Crippen LogP contribution in [0, 0.1) is 5.92 Å². The minimum absolute atomic E-state index is 1.00. The van der Waals surface area contributed by atoms with Crippen LogP contribution in [0.2, 0.25) is 0 Å². The first kappa shape index (κ1) is 13.1. The number of likely N-dealkylation sites (tertiary alicyclic amines) is 1. The molecule has 2 heterocycles. The zero-order chi connectivity index (χ0) is 12.1. The van der Waals surface area contributed by atoms with Gasteiger partial charge in [0.15, 0.2) is 0 Å². The Balaban J connectivity index is 1.78. The molecule has 0 spiro atoms. The highest BCUT2D eigenvalue weighted by atomic mass is 15.1. The topological polar surface area (TPSA) is 15.3 Å². The summed E-state index contributed by atoms with van der Waals surface area (Å²) in [5.41, 5.74) is 3.28. The fourth-order valence-corrected chi connectivity index (χ4v) is 3.08. The van der Waals surface area contributed by atoms with Gasteiger partial charge in [0.05, 0.1) is 0 Å². The maximum absolute atomic E-state index is 3.34. The highest BCUT2D eigenvalue weighted by Crippen LogP contribution is 2.22. The first-order valence-corrected chi connectivity index (χ1v) is 7.40. The lowest BCUT2D eigenvalue weighted by Gasteiger charge is -2.26. The molecule has 0 radical (unpaired) electrons. The second-order valence-corrected chi connectivity index (χ2v) is 5.85. The van der Waals surface area contributed by atoms with Crippen LogP contribution in [0.1, 0.15) is 46.0 Å². The van der Waals surface area contributed by atoms with Crippen LogP contribution >= 0.6 is 0 Å². The molecule has 1 atom stereocenters. The number of hydrogen-bond acceptors (Lipinski definition) is 2. The van der Waals surface area contributed by atoms with Crippen molar-refractivity contribution in [3.05, 3.63) is 11.1 Å². The summed E-state index contributed by atoms with van der Waals surface area (Å²) >= 11 is 0. The van der Waals surface area contributed by atoms with E-state index in [0.717, 1.165) is 19.0 Å². The summed E-state index contributed by atoms with van der Waals surface area (Å²) in [7, 11) is 0. The lowest BCUT2D eigenvalue weighted by Crippen LogP contribution is -2.37. The lowest BCUT2D eigenvalue weighted by atomic mass is 9.96. The minimum atomic E-state index is 1.00. The van der Waals surface area contributed by atoms with Crippen molar-refractivity contribution >= 4 is 0 Å². The van der Waals surface area contributed by atoms with Crippen molar-refractivity contribution in [2.45, 2.75) is 46.0 Å². The number of rotatable bonds is 4. The summed E-state index contributed by atoms with van der Waals surface area (Å²) in [6.45, 7) is 10.8. The van der Waals surface area contributed by atoms with E-state index in [-0.39, 0.29) is 0 Å². The van der Waals surface area contributed by atoms with Gasteiger partial charge in [-0.3, -0.25) is 4.90 Å². The molecule has 2 fully saturated rings. The Morgan fingerprint density at radius 1 is 1.29 bits per heavy atom. The van der Waals surface area contributed by atoms with Gasteiger partial charge in [0.1, 0.15) is 0 Å². The van der Waals surface area contributed by atoms with E-state index < -0.39 is 0 Å². The van der Waals surface area contributed by atoms with E-state index in [2.05, 4.69) is 24.1 Å². The van der Waals surface area contributed by atoms with Gasteiger partial charge in [-0.2, -0.15) is 0 Å². The maximum atomic E-state index is 3.34. The van der Waals surface area contributed by atoms with E-state index in [9.17, 15) is 0 Å². The van der Waals surface area contributed by atoms with E-state index in [1.54, 1.807) is 11.1 Å². The molecule has 17 heavy (non-hydrogen) atoms. The SMILES string of the molecule is CCCC1CCCN(CC(C)=C2CNC2)CC1. The Labute approximate surface area is 106 Å². The molecule has 2 nitrogen and oxygen atoms in total. The number of hydrogen-bond donors (Lipinski definition) is 1. The summed E-state index contributed by atoms with van der Waals surface area (Å²) in [6, 6.07) is 0. The third-order valence-electron chi connectivity index (χ3n) is 4.38. The molecule has 2 rings (SSSR count). The van der Waals surface area contributed by atoms with Crippen molar-refractivity contribution in [3.8, 4) is 0 Å². The predicted molar refractivity (Wildman–Crippen MR) is 74.3 cm³/mol. The lowest BCUT2D eigenvalue weighted by molar-refractivity contribution is 0.300. The van der Waals surface area contributed by atoms with Crippen molar-refractivity contribution in [2.75, 3.05) is 32.7 Å². The predicted octanol–water partition coefficient (Wildman–Crippen LogP) is 2.81. The first-order valence-electron chi connectivity index (χ1n) is 7.40. The zero-order valence-corrected chi connectivity index (χ0v) is 11.6. The van der Waals surface area contributed by atoms with Crippen LogP contribution < -0.4 is 5.32 Å². The molecule has 0 amide bonds. The van der Waals surface area contributed by atoms with Gasteiger partial charge in [0, 0.05) is 19.6 Å². The molecule has 0 aromatic carbocycles. The van der Waals surface area contributed by atoms with Gasteiger partial charge in [-0.05, 0) is 50.8 Å². The van der Waals surface area contributed by atoms with Gasteiger partial charge in [-0.25, -0.2) is 0 Å². The molecular formula is C15H28N2. The smallest absolute Gasteiger partial charge is 0.0193 e. The van der Waals surface area contributed by atoms with Crippen LogP contribution in [0.25, 0.3) is 0 Å². The highest BCUT2D eigenvalue weighted by Gasteiger charge is 2.18. The van der Waals surface area contributed by atoms with Crippen LogP contribution in [-0.4, -0.2) is 37.6 Å². The largest absolute Gasteiger partial charge is 0.309 e. The van der Waals surface area contributed by atoms with Crippen LogP contribution in [-0.2, 0) is 0 Å². The second kappa shape index (κ2) is 6.55. The molecule has 0 aromatic rings. The number of nitrogens with zero attached hydrogens (tertiary/aromatic N) is 1. The first-order chi connectivity index (χ1) is 8.29. The molecule has 2 saturated heterocycles. The molecule has 2 aliphatic rings. The average Bonchev–Trinajstić information content (AvgIpc) is 2.42. The summed E-state index contributed by atoms with van der Waals surface area (Å²) < 4.78 is 0. The third-order valence-corrected chi connectivity index (χ3v) is 4.38. The Bertz CT molecular complexity index is 264. The van der Waals surface area contributed by atoms with Crippen LogP contribution in [0.15, 0.2) is 11.1 Å². The van der Waals surface area contributed by atoms with Crippen molar-refractivity contribution in [1.29, 1.82) is 0 Å². The van der Waals surface area contributed by atoms with Crippen molar-refractivity contribution < 1.29 is 0 Å². The van der Waals surface area contributed by atoms with Gasteiger partial charge in [-0.1, -0.05) is 25.3 Å². The molecule has 1 N–H and O–H groups in total. The molecule has 0 aromatic heterocycles. The summed E-state index contributed by atoms with van der Waals surface area (Å²) in [5, 5.41) is 3.34. The van der Waals surface area contributed by atoms with E-state index in [1.807, 2.05) is 0 Å². The molecule has 0 aliphatic carbocycles. The van der Waals surface area contributed by atoms with Gasteiger partial charge < -0.3 is 5.32 Å². The van der Waals surface area contributed by atoms with Crippen molar-refractivity contribution in [2.24, 2.45) is 5.92 Å².